The second kappa shape index (κ2) is 44.2. The van der Waals surface area contributed by atoms with Crippen molar-refractivity contribution < 1.29 is 42.1 Å². The molecule has 362 valence electrons. The van der Waals surface area contributed by atoms with E-state index in [4.69, 9.17) is 18.5 Å². The first-order valence-corrected chi connectivity index (χ1v) is 26.8. The van der Waals surface area contributed by atoms with E-state index >= 15 is 0 Å². The number of unbranched alkanes of at least 4 members (excludes halogenated alkanes) is 24. The van der Waals surface area contributed by atoms with Gasteiger partial charge in [-0.05, 0) is 51.4 Å². The van der Waals surface area contributed by atoms with Crippen LogP contribution in [-0.4, -0.2) is 70.0 Å². The monoisotopic (exact) mass is 894 g/mol. The number of carbonyl (C=O) groups is 2. The van der Waals surface area contributed by atoms with Crippen LogP contribution in [0.4, 0.5) is 0 Å². The molecule has 0 aliphatic heterocycles. The molecule has 0 fully saturated rings. The minimum absolute atomic E-state index is 0.0301. The minimum atomic E-state index is -4.62. The molecule has 9 nitrogen and oxygen atoms in total. The average molecular weight is 894 g/mol. The van der Waals surface area contributed by atoms with Gasteiger partial charge in [0.1, 0.15) is 19.8 Å². The molecule has 0 rings (SSSR count). The molecule has 0 aliphatic carbocycles. The zero-order valence-corrected chi connectivity index (χ0v) is 41.7. The van der Waals surface area contributed by atoms with Crippen LogP contribution in [0.15, 0.2) is 48.6 Å². The van der Waals surface area contributed by atoms with Gasteiger partial charge in [-0.3, -0.25) is 14.2 Å². The van der Waals surface area contributed by atoms with E-state index in [0.717, 1.165) is 64.2 Å². The highest BCUT2D eigenvalue weighted by atomic mass is 31.2. The number of rotatable bonds is 46. The third-order valence-electron chi connectivity index (χ3n) is 10.9. The van der Waals surface area contributed by atoms with Crippen molar-refractivity contribution in [1.29, 1.82) is 0 Å². The molecule has 0 aromatic rings. The van der Waals surface area contributed by atoms with E-state index in [-0.39, 0.29) is 32.0 Å². The van der Waals surface area contributed by atoms with Gasteiger partial charge in [-0.25, -0.2) is 0 Å². The van der Waals surface area contributed by atoms with Crippen LogP contribution in [0.5, 0.6) is 0 Å². The number of hydrogen-bond donors (Lipinski definition) is 0. The number of nitrogens with zero attached hydrogens (tertiary/aromatic N) is 1. The van der Waals surface area contributed by atoms with Crippen LogP contribution in [0.2, 0.25) is 0 Å². The maximum atomic E-state index is 12.7. The Hall–Kier alpha value is -2.03. The molecule has 0 N–H and O–H groups in total. The quantitative estimate of drug-likeness (QED) is 0.0195. The third-order valence-corrected chi connectivity index (χ3v) is 11.8. The van der Waals surface area contributed by atoms with Crippen molar-refractivity contribution >= 4 is 19.8 Å². The maximum Gasteiger partial charge on any atom is 0.306 e. The van der Waals surface area contributed by atoms with E-state index < -0.39 is 26.5 Å². The summed E-state index contributed by atoms with van der Waals surface area (Å²) in [6.45, 7) is 4.12. The first kappa shape index (κ1) is 60.0. The number of phosphoric acid groups is 1. The van der Waals surface area contributed by atoms with Crippen LogP contribution in [-0.2, 0) is 32.7 Å². The molecule has 0 saturated carbocycles. The predicted molar refractivity (Wildman–Crippen MR) is 259 cm³/mol. The van der Waals surface area contributed by atoms with Crippen LogP contribution >= 0.6 is 7.82 Å². The van der Waals surface area contributed by atoms with Crippen LogP contribution < -0.4 is 4.89 Å². The Morgan fingerprint density at radius 2 is 0.919 bits per heavy atom. The first-order valence-electron chi connectivity index (χ1n) is 25.3. The predicted octanol–water partition coefficient (Wildman–Crippen LogP) is 14.4. The van der Waals surface area contributed by atoms with Gasteiger partial charge in [0, 0.05) is 12.8 Å². The SMILES string of the molecule is CC/C=C\C/C=C\C/C=C\C/C=C\CCCCCCCCCCCCCCCCC(=O)OC(COC(=O)CCCCCCCCCCCCC)COP(=O)([O-])OCC[N+](C)(C)C. The summed E-state index contributed by atoms with van der Waals surface area (Å²) in [6, 6.07) is 0. The highest BCUT2D eigenvalue weighted by Gasteiger charge is 2.21. The van der Waals surface area contributed by atoms with Gasteiger partial charge in [0.2, 0.25) is 0 Å². The molecule has 2 atom stereocenters. The van der Waals surface area contributed by atoms with Gasteiger partial charge in [-0.2, -0.15) is 0 Å². The number of quaternary nitrogens is 1. The normalized spacial score (nSPS) is 13.8. The minimum Gasteiger partial charge on any atom is -0.756 e. The van der Waals surface area contributed by atoms with Crippen molar-refractivity contribution in [2.45, 2.75) is 225 Å². The second-order valence-corrected chi connectivity index (χ2v) is 19.6. The lowest BCUT2D eigenvalue weighted by Gasteiger charge is -2.28. The van der Waals surface area contributed by atoms with Crippen molar-refractivity contribution in [3.05, 3.63) is 48.6 Å². The molecule has 0 saturated heterocycles. The highest BCUT2D eigenvalue weighted by Crippen LogP contribution is 2.38. The zero-order valence-electron chi connectivity index (χ0n) is 40.8. The summed E-state index contributed by atoms with van der Waals surface area (Å²) in [6.07, 6.45) is 52.9. The van der Waals surface area contributed by atoms with Gasteiger partial charge < -0.3 is 27.9 Å². The summed E-state index contributed by atoms with van der Waals surface area (Å²) in [5, 5.41) is 0. The average Bonchev–Trinajstić information content (AvgIpc) is 3.23. The maximum absolute atomic E-state index is 12.7. The molecule has 0 radical (unpaired) electrons. The van der Waals surface area contributed by atoms with E-state index in [1.165, 1.54) is 122 Å². The van der Waals surface area contributed by atoms with E-state index in [1.54, 1.807) is 0 Å². The molecule has 0 spiro atoms. The van der Waals surface area contributed by atoms with Crippen molar-refractivity contribution in [1.82, 2.24) is 0 Å². The van der Waals surface area contributed by atoms with Gasteiger partial charge in [0.05, 0.1) is 27.7 Å². The fraction of sp³-hybridized carbons (Fsp3) is 0.808. The van der Waals surface area contributed by atoms with Crippen molar-refractivity contribution in [2.24, 2.45) is 0 Å². The lowest BCUT2D eigenvalue weighted by Crippen LogP contribution is -2.37. The Balaban J connectivity index is 4.12. The zero-order chi connectivity index (χ0) is 45.7. The number of carbonyl (C=O) groups excluding carboxylic acids is 2. The van der Waals surface area contributed by atoms with Crippen LogP contribution in [0.25, 0.3) is 0 Å². The number of phosphoric ester groups is 1. The molecule has 0 amide bonds. The molecule has 0 heterocycles. The summed E-state index contributed by atoms with van der Waals surface area (Å²) in [5.41, 5.74) is 0. The fourth-order valence-corrected chi connectivity index (χ4v) is 7.67. The van der Waals surface area contributed by atoms with Crippen LogP contribution in [0.3, 0.4) is 0 Å². The van der Waals surface area contributed by atoms with Gasteiger partial charge in [-0.1, -0.05) is 204 Å². The Bertz CT molecular complexity index is 1190. The topological polar surface area (TPSA) is 111 Å². The number of ether oxygens (including phenoxy) is 2. The molecule has 2 unspecified atom stereocenters. The van der Waals surface area contributed by atoms with Crippen LogP contribution in [0, 0.1) is 0 Å². The van der Waals surface area contributed by atoms with Gasteiger partial charge in [0.15, 0.2) is 6.10 Å². The van der Waals surface area contributed by atoms with E-state index in [0.29, 0.717) is 17.4 Å². The fourth-order valence-electron chi connectivity index (χ4n) is 6.94. The number of likely N-dealkylation sites (N-methyl/N-ethyl adjacent to an activating group) is 1. The molecule has 62 heavy (non-hydrogen) atoms. The lowest BCUT2D eigenvalue weighted by atomic mass is 10.0. The van der Waals surface area contributed by atoms with Gasteiger partial charge in [0.25, 0.3) is 7.82 Å². The third kappa shape index (κ3) is 47.4. The van der Waals surface area contributed by atoms with Crippen molar-refractivity contribution in [3.8, 4) is 0 Å². The summed E-state index contributed by atoms with van der Waals surface area (Å²) in [4.78, 5) is 37.6. The highest BCUT2D eigenvalue weighted by molar-refractivity contribution is 7.45. The molecule has 0 aromatic carbocycles. The molecule has 0 aliphatic rings. The molecule has 0 bridgehead atoms. The van der Waals surface area contributed by atoms with Crippen molar-refractivity contribution in [2.75, 3.05) is 47.5 Å². The van der Waals surface area contributed by atoms with E-state index in [9.17, 15) is 19.0 Å². The number of allylic oxidation sites excluding steroid dienone is 8. The van der Waals surface area contributed by atoms with E-state index in [2.05, 4.69) is 62.5 Å². The second-order valence-electron chi connectivity index (χ2n) is 18.2. The first-order chi connectivity index (χ1) is 30.0. The molecular formula is C52H96NO8P. The smallest absolute Gasteiger partial charge is 0.306 e. The number of hydrogen-bond acceptors (Lipinski definition) is 8. The summed E-state index contributed by atoms with van der Waals surface area (Å²) < 4.78 is 34.0. The summed E-state index contributed by atoms with van der Waals surface area (Å²) in [5.74, 6) is -0.830. The van der Waals surface area contributed by atoms with Gasteiger partial charge >= 0.3 is 11.9 Å². The van der Waals surface area contributed by atoms with Crippen molar-refractivity contribution in [3.63, 3.8) is 0 Å². The Kier molecular flexibility index (Phi) is 42.7. The summed E-state index contributed by atoms with van der Waals surface area (Å²) >= 11 is 0. The Morgan fingerprint density at radius 1 is 0.516 bits per heavy atom. The van der Waals surface area contributed by atoms with Gasteiger partial charge in [-0.15, -0.1) is 0 Å². The molecule has 0 aromatic heterocycles. The summed E-state index contributed by atoms with van der Waals surface area (Å²) in [7, 11) is 1.17. The largest absolute Gasteiger partial charge is 0.756 e. The van der Waals surface area contributed by atoms with E-state index in [1.807, 2.05) is 21.1 Å². The van der Waals surface area contributed by atoms with Crippen LogP contribution in [0.1, 0.15) is 219 Å². The Morgan fingerprint density at radius 3 is 1.37 bits per heavy atom. The number of esters is 2. The lowest BCUT2D eigenvalue weighted by molar-refractivity contribution is -0.870. The molecule has 10 heteroatoms. The Labute approximate surface area is 382 Å². The molecular weight excluding hydrogens is 798 g/mol. The standard InChI is InChI=1S/C52H96NO8P/c1-6-8-10-12-14-16-18-19-20-21-22-23-24-25-26-27-28-29-30-31-32-33-35-37-39-41-43-45-52(55)61-50(49-60-62(56,57)59-47-46-53(3,4)5)48-58-51(54)44-42-40-38-36-34-17-15-13-11-9-7-2/h8,10,14,16,19-20,22-23,50H,6-7,9,11-13,15,17-18,21,24-49H2,1-5H3/b10-8-,16-14-,20-19-,23-22-.